The van der Waals surface area contributed by atoms with Crippen LogP contribution in [0.2, 0.25) is 5.02 Å². The molecular formula is C16H16ClNO5S2. The number of sulfonamides is 1. The van der Waals surface area contributed by atoms with Crippen molar-refractivity contribution in [3.63, 3.8) is 0 Å². The van der Waals surface area contributed by atoms with Crippen molar-refractivity contribution in [3.05, 3.63) is 53.6 Å². The van der Waals surface area contributed by atoms with Crippen LogP contribution in [0.25, 0.3) is 0 Å². The van der Waals surface area contributed by atoms with Crippen LogP contribution in [0.4, 0.5) is 0 Å². The number of benzene rings is 2. The molecule has 2 aromatic rings. The number of hydrogen-bond donors (Lipinski definition) is 2. The molecule has 0 radical (unpaired) electrons. The van der Waals surface area contributed by atoms with E-state index in [1.807, 2.05) is 0 Å². The maximum Gasteiger partial charge on any atom is 0.341 e. The van der Waals surface area contributed by atoms with Gasteiger partial charge < -0.3 is 9.84 Å². The second kappa shape index (κ2) is 9.10. The molecule has 0 amide bonds. The highest BCUT2D eigenvalue weighted by molar-refractivity contribution is 7.99. The number of hydrogen-bond acceptors (Lipinski definition) is 5. The minimum Gasteiger partial charge on any atom is -0.482 e. The lowest BCUT2D eigenvalue weighted by Crippen LogP contribution is -2.25. The Labute approximate surface area is 155 Å². The normalized spacial score (nSPS) is 11.2. The van der Waals surface area contributed by atoms with E-state index in [4.69, 9.17) is 21.4 Å². The van der Waals surface area contributed by atoms with E-state index < -0.39 is 16.0 Å². The zero-order valence-corrected chi connectivity index (χ0v) is 15.4. The summed E-state index contributed by atoms with van der Waals surface area (Å²) in [5.41, 5.74) is 0. The van der Waals surface area contributed by atoms with Crippen molar-refractivity contribution in [2.75, 3.05) is 18.9 Å². The smallest absolute Gasteiger partial charge is 0.341 e. The average molecular weight is 402 g/mol. The van der Waals surface area contributed by atoms with Gasteiger partial charge in [-0.25, -0.2) is 17.9 Å². The molecule has 0 saturated heterocycles. The summed E-state index contributed by atoms with van der Waals surface area (Å²) in [6, 6.07) is 12.9. The molecule has 0 aliphatic carbocycles. The highest BCUT2D eigenvalue weighted by atomic mass is 35.5. The van der Waals surface area contributed by atoms with E-state index in [0.717, 1.165) is 4.90 Å². The fraction of sp³-hybridized carbons (Fsp3) is 0.188. The van der Waals surface area contributed by atoms with Crippen LogP contribution in [0.15, 0.2) is 58.3 Å². The van der Waals surface area contributed by atoms with Gasteiger partial charge in [-0.3, -0.25) is 0 Å². The maximum atomic E-state index is 12.1. The first-order valence-electron chi connectivity index (χ1n) is 7.19. The molecule has 134 valence electrons. The molecule has 25 heavy (non-hydrogen) atoms. The summed E-state index contributed by atoms with van der Waals surface area (Å²) in [7, 11) is -3.55. The number of carboxylic acid groups (broad SMARTS) is 1. The lowest BCUT2D eigenvalue weighted by Gasteiger charge is -2.07. The van der Waals surface area contributed by atoms with Crippen LogP contribution in [-0.2, 0) is 14.8 Å². The molecule has 2 N–H and O–H groups in total. The third kappa shape index (κ3) is 6.58. The molecule has 0 aromatic heterocycles. The quantitative estimate of drug-likeness (QED) is 0.495. The van der Waals surface area contributed by atoms with Crippen LogP contribution >= 0.6 is 23.4 Å². The molecule has 0 aliphatic rings. The summed E-state index contributed by atoms with van der Waals surface area (Å²) in [4.78, 5) is 11.5. The van der Waals surface area contributed by atoms with Gasteiger partial charge in [0.05, 0.1) is 4.90 Å². The number of ether oxygens (including phenoxy) is 1. The van der Waals surface area contributed by atoms with Gasteiger partial charge in [-0.2, -0.15) is 0 Å². The topological polar surface area (TPSA) is 92.7 Å². The van der Waals surface area contributed by atoms with E-state index in [1.165, 1.54) is 36.0 Å². The van der Waals surface area contributed by atoms with Crippen LogP contribution < -0.4 is 9.46 Å². The maximum absolute atomic E-state index is 12.1. The molecule has 0 unspecified atom stereocenters. The Morgan fingerprint density at radius 3 is 2.36 bits per heavy atom. The van der Waals surface area contributed by atoms with Crippen LogP contribution in [0.3, 0.4) is 0 Å². The minimum absolute atomic E-state index is 0.168. The number of carboxylic acids is 1. The lowest BCUT2D eigenvalue weighted by molar-refractivity contribution is -0.139. The molecule has 9 heteroatoms. The molecule has 0 fully saturated rings. The number of thioether (sulfide) groups is 1. The SMILES string of the molecule is O=C(O)COc1ccc(SCCNS(=O)(=O)c2ccc(Cl)cc2)cc1. The number of nitrogens with one attached hydrogen (secondary N) is 1. The van der Waals surface area contributed by atoms with Crippen LogP contribution in [0, 0.1) is 0 Å². The van der Waals surface area contributed by atoms with Gasteiger partial charge in [0, 0.05) is 22.2 Å². The largest absolute Gasteiger partial charge is 0.482 e. The summed E-state index contributed by atoms with van der Waals surface area (Å²) in [5.74, 6) is -0.0242. The summed E-state index contributed by atoms with van der Waals surface area (Å²) < 4.78 is 31.8. The van der Waals surface area contributed by atoms with E-state index in [2.05, 4.69) is 4.72 Å². The Hall–Kier alpha value is -1.74. The molecule has 2 aromatic carbocycles. The lowest BCUT2D eigenvalue weighted by atomic mass is 10.3. The zero-order chi connectivity index (χ0) is 18.3. The summed E-state index contributed by atoms with van der Waals surface area (Å²) in [5, 5.41) is 9.02. The molecule has 0 saturated carbocycles. The molecule has 6 nitrogen and oxygen atoms in total. The van der Waals surface area contributed by atoms with Crippen LogP contribution in [0.1, 0.15) is 0 Å². The van der Waals surface area contributed by atoms with Crippen molar-refractivity contribution in [1.82, 2.24) is 4.72 Å². The predicted octanol–water partition coefficient (Wildman–Crippen LogP) is 2.87. The summed E-state index contributed by atoms with van der Waals surface area (Å²) >= 11 is 7.22. The van der Waals surface area contributed by atoms with E-state index >= 15 is 0 Å². The highest BCUT2D eigenvalue weighted by Crippen LogP contribution is 2.21. The van der Waals surface area contributed by atoms with Gasteiger partial charge in [0.15, 0.2) is 6.61 Å². The third-order valence-electron chi connectivity index (χ3n) is 2.97. The summed E-state index contributed by atoms with van der Waals surface area (Å²) in [6.45, 7) is -0.119. The van der Waals surface area contributed by atoms with E-state index in [0.29, 0.717) is 16.5 Å². The van der Waals surface area contributed by atoms with E-state index in [1.54, 1.807) is 24.3 Å². The van der Waals surface area contributed by atoms with Crippen LogP contribution in [0.5, 0.6) is 5.75 Å². The first kappa shape index (κ1) is 19.6. The molecule has 0 aliphatic heterocycles. The minimum atomic E-state index is -3.55. The van der Waals surface area contributed by atoms with Crippen molar-refractivity contribution >= 4 is 39.4 Å². The average Bonchev–Trinajstić information content (AvgIpc) is 2.58. The van der Waals surface area contributed by atoms with Crippen molar-refractivity contribution in [1.29, 1.82) is 0 Å². The third-order valence-corrected chi connectivity index (χ3v) is 5.72. The number of aliphatic carboxylic acids is 1. The molecule has 0 heterocycles. The highest BCUT2D eigenvalue weighted by Gasteiger charge is 2.12. The van der Waals surface area contributed by atoms with Crippen molar-refractivity contribution < 1.29 is 23.1 Å². The Balaban J connectivity index is 1.78. The number of halogens is 1. The Kier molecular flexibility index (Phi) is 7.12. The van der Waals surface area contributed by atoms with E-state index in [9.17, 15) is 13.2 Å². The summed E-state index contributed by atoms with van der Waals surface area (Å²) in [6.07, 6.45) is 0. The number of rotatable bonds is 9. The van der Waals surface area contributed by atoms with Gasteiger partial charge in [-0.05, 0) is 48.5 Å². The van der Waals surface area contributed by atoms with Crippen molar-refractivity contribution in [2.45, 2.75) is 9.79 Å². The van der Waals surface area contributed by atoms with Gasteiger partial charge in [-0.1, -0.05) is 11.6 Å². The first-order chi connectivity index (χ1) is 11.9. The molecule has 2 rings (SSSR count). The van der Waals surface area contributed by atoms with Gasteiger partial charge >= 0.3 is 5.97 Å². The van der Waals surface area contributed by atoms with E-state index in [-0.39, 0.29) is 18.0 Å². The second-order valence-corrected chi connectivity index (χ2v) is 8.23. The van der Waals surface area contributed by atoms with Gasteiger partial charge in [0.2, 0.25) is 10.0 Å². The molecule has 0 atom stereocenters. The fourth-order valence-electron chi connectivity index (χ4n) is 1.82. The van der Waals surface area contributed by atoms with Crippen molar-refractivity contribution in [2.24, 2.45) is 0 Å². The standard InChI is InChI=1S/C16H16ClNO5S2/c17-12-1-7-15(8-2-12)25(21,22)18-9-10-24-14-5-3-13(4-6-14)23-11-16(19)20/h1-8,18H,9-11H2,(H,19,20). The Morgan fingerprint density at radius 2 is 1.76 bits per heavy atom. The first-order valence-corrected chi connectivity index (χ1v) is 10.0. The van der Waals surface area contributed by atoms with Crippen molar-refractivity contribution in [3.8, 4) is 5.75 Å². The zero-order valence-electron chi connectivity index (χ0n) is 13.0. The fourth-order valence-corrected chi connectivity index (χ4v) is 3.87. The van der Waals surface area contributed by atoms with Gasteiger partial charge in [-0.15, -0.1) is 11.8 Å². The van der Waals surface area contributed by atoms with Gasteiger partial charge in [0.25, 0.3) is 0 Å². The molecule has 0 spiro atoms. The Bertz CT molecular complexity index is 807. The monoisotopic (exact) mass is 401 g/mol. The predicted molar refractivity (Wildman–Crippen MR) is 96.9 cm³/mol. The van der Waals surface area contributed by atoms with Crippen LogP contribution in [-0.4, -0.2) is 38.4 Å². The van der Waals surface area contributed by atoms with Gasteiger partial charge in [0.1, 0.15) is 5.75 Å². The Morgan fingerprint density at radius 1 is 1.12 bits per heavy atom. The molecular weight excluding hydrogens is 386 g/mol. The number of carbonyl (C=O) groups is 1. The molecule has 0 bridgehead atoms. The second-order valence-electron chi connectivity index (χ2n) is 4.85.